The summed E-state index contributed by atoms with van der Waals surface area (Å²) in [5.74, 6) is 1.85. The fourth-order valence-corrected chi connectivity index (χ4v) is 18.3. The molecule has 6 aliphatic rings. The van der Waals surface area contributed by atoms with Crippen LogP contribution in [0.3, 0.4) is 0 Å². The van der Waals surface area contributed by atoms with E-state index in [9.17, 15) is 0 Å². The number of para-hydroxylation sites is 4. The minimum absolute atomic E-state index is 0.418. The van der Waals surface area contributed by atoms with Gasteiger partial charge in [-0.25, -0.2) is 0 Å². The van der Waals surface area contributed by atoms with E-state index in [0.29, 0.717) is 55.6 Å². The fourth-order valence-electron chi connectivity index (χ4n) is 11.2. The third-order valence-electron chi connectivity index (χ3n) is 13.5. The van der Waals surface area contributed by atoms with Crippen LogP contribution in [0.15, 0.2) is 194 Å². The SMILES string of the molecule is O=P12c3c4cccc3N(c3ccccc3)c3cccc(c31)N(c1ccccc1)c1c3c5c(c(c12)O4)N(c1ccccc1)c1cccc2c1P5(=O)c1c(cccc1N2c1ccccc1)O3. The monoisotopic (exact) mass is 862 g/mol. The second-order valence-corrected chi connectivity index (χ2v) is 21.8. The van der Waals surface area contributed by atoms with Crippen LogP contribution in [0, 0.1) is 0 Å². The molecule has 0 saturated heterocycles. The van der Waals surface area contributed by atoms with Gasteiger partial charge in [0.2, 0.25) is 0 Å². The molecule has 8 nitrogen and oxygen atoms in total. The first-order chi connectivity index (χ1) is 31.6. The van der Waals surface area contributed by atoms with Crippen LogP contribution in [0.1, 0.15) is 0 Å². The Morgan fingerprint density at radius 2 is 0.562 bits per heavy atom. The Balaban J connectivity index is 1.15. The van der Waals surface area contributed by atoms with Crippen LogP contribution < -0.4 is 60.9 Å². The summed E-state index contributed by atoms with van der Waals surface area (Å²) < 4.78 is 50.1. The van der Waals surface area contributed by atoms with Gasteiger partial charge < -0.3 is 38.2 Å². The molecule has 6 heterocycles. The van der Waals surface area contributed by atoms with E-state index in [1.54, 1.807) is 0 Å². The highest BCUT2D eigenvalue weighted by atomic mass is 31.2. The van der Waals surface area contributed by atoms with E-state index < -0.39 is 14.3 Å². The summed E-state index contributed by atoms with van der Waals surface area (Å²) in [5.41, 5.74) is 9.49. The molecule has 0 bridgehead atoms. The van der Waals surface area contributed by atoms with Crippen LogP contribution in [0.4, 0.5) is 68.2 Å². The summed E-state index contributed by atoms with van der Waals surface area (Å²) in [7, 11) is -7.70. The average molecular weight is 863 g/mol. The largest absolute Gasteiger partial charge is 0.453 e. The van der Waals surface area contributed by atoms with Gasteiger partial charge >= 0.3 is 0 Å². The second-order valence-electron chi connectivity index (χ2n) is 16.7. The van der Waals surface area contributed by atoms with Gasteiger partial charge in [0.05, 0.1) is 66.0 Å². The number of rotatable bonds is 4. The summed E-state index contributed by atoms with van der Waals surface area (Å²) in [6, 6.07) is 65.0. The molecule has 0 radical (unpaired) electrons. The normalized spacial score (nSPS) is 19.0. The van der Waals surface area contributed by atoms with Crippen molar-refractivity contribution in [3.63, 3.8) is 0 Å². The predicted molar refractivity (Wildman–Crippen MR) is 258 cm³/mol. The van der Waals surface area contributed by atoms with Crippen molar-refractivity contribution in [2.75, 3.05) is 19.6 Å². The predicted octanol–water partition coefficient (Wildman–Crippen LogP) is 12.3. The van der Waals surface area contributed by atoms with Crippen LogP contribution >= 0.6 is 14.3 Å². The first-order valence-electron chi connectivity index (χ1n) is 21.3. The van der Waals surface area contributed by atoms with Crippen LogP contribution in [-0.4, -0.2) is 0 Å². The molecule has 0 amide bonds. The van der Waals surface area contributed by atoms with E-state index in [0.717, 1.165) is 67.5 Å². The molecular formula is C54H32N4O4P2. The van der Waals surface area contributed by atoms with Crippen molar-refractivity contribution in [2.24, 2.45) is 0 Å². The van der Waals surface area contributed by atoms with Crippen molar-refractivity contribution in [3.05, 3.63) is 194 Å². The number of ether oxygens (including phenoxy) is 2. The lowest BCUT2D eigenvalue weighted by Gasteiger charge is -2.51. The standard InChI is InChI=1S/C54H32N4O4P2/c59-63-49-37-25-13-27-39(49)57(35-21-9-3-10-22-35)45-48-54-46(47(53(45)63)61-43-31-15-29-41(51(43)63)55(37)33-17-5-1-6-18-33)58(36-23-11-4-12-24-36)40-28-14-26-38-50(40)64(54,60)52-42(30-16-32-44(52)62-48)56(38)34-19-7-2-8-20-34/h1-32H. The van der Waals surface area contributed by atoms with E-state index in [2.05, 4.69) is 92.4 Å². The molecule has 0 fully saturated rings. The van der Waals surface area contributed by atoms with Gasteiger partial charge in [0, 0.05) is 22.7 Å². The quantitative estimate of drug-likeness (QED) is 0.162. The van der Waals surface area contributed by atoms with Gasteiger partial charge in [0.1, 0.15) is 22.9 Å². The van der Waals surface area contributed by atoms with Crippen molar-refractivity contribution >= 4 is 114 Å². The Kier molecular flexibility index (Phi) is 6.54. The number of nitrogens with zero attached hydrogens (tertiary/aromatic N) is 4. The van der Waals surface area contributed by atoms with Crippen molar-refractivity contribution in [1.29, 1.82) is 0 Å². The van der Waals surface area contributed by atoms with Gasteiger partial charge in [-0.15, -0.1) is 0 Å². The highest BCUT2D eigenvalue weighted by Crippen LogP contribution is 2.74. The maximum atomic E-state index is 17.6. The third-order valence-corrected chi connectivity index (χ3v) is 19.9. The molecule has 10 heteroatoms. The highest BCUT2D eigenvalue weighted by Gasteiger charge is 2.61. The molecule has 0 N–H and O–H groups in total. The Hall–Kier alpha value is -7.76. The van der Waals surface area contributed by atoms with E-state index in [1.165, 1.54) is 0 Å². The molecule has 0 aliphatic carbocycles. The van der Waals surface area contributed by atoms with Gasteiger partial charge in [0.15, 0.2) is 25.8 Å². The van der Waals surface area contributed by atoms with Crippen LogP contribution in [-0.2, 0) is 9.13 Å². The van der Waals surface area contributed by atoms with Crippen molar-refractivity contribution < 1.29 is 18.6 Å². The number of hydrogen-bond acceptors (Lipinski definition) is 8. The lowest BCUT2D eigenvalue weighted by molar-refractivity contribution is 0.474. The average Bonchev–Trinajstić information content (AvgIpc) is 3.34. The van der Waals surface area contributed by atoms with Crippen molar-refractivity contribution in [3.8, 4) is 23.0 Å². The van der Waals surface area contributed by atoms with Gasteiger partial charge in [-0.2, -0.15) is 0 Å². The summed E-state index contributed by atoms with van der Waals surface area (Å²) in [5, 5.41) is 3.78. The Labute approximate surface area is 368 Å². The van der Waals surface area contributed by atoms with Gasteiger partial charge in [-0.05, 0) is 97.1 Å². The van der Waals surface area contributed by atoms with Crippen LogP contribution in [0.5, 0.6) is 23.0 Å². The Bertz CT molecular complexity index is 3420. The van der Waals surface area contributed by atoms with Crippen LogP contribution in [0.25, 0.3) is 0 Å². The zero-order valence-corrected chi connectivity index (χ0v) is 35.6. The molecule has 15 rings (SSSR count). The zero-order valence-electron chi connectivity index (χ0n) is 33.8. The molecule has 9 aromatic rings. The number of benzene rings is 9. The second kappa shape index (κ2) is 12.0. The highest BCUT2D eigenvalue weighted by molar-refractivity contribution is 7.88. The summed E-state index contributed by atoms with van der Waals surface area (Å²) in [6.45, 7) is 0. The zero-order chi connectivity index (χ0) is 42.1. The maximum Gasteiger partial charge on any atom is 0.186 e. The number of hydrogen-bond donors (Lipinski definition) is 0. The lowest BCUT2D eigenvalue weighted by atomic mass is 10.1. The van der Waals surface area contributed by atoms with Gasteiger partial charge in [0.25, 0.3) is 0 Å². The summed E-state index contributed by atoms with van der Waals surface area (Å²) in [6.07, 6.45) is 0. The van der Waals surface area contributed by atoms with E-state index in [1.807, 2.05) is 121 Å². The molecule has 0 aromatic heterocycles. The van der Waals surface area contributed by atoms with Gasteiger partial charge in [-0.1, -0.05) is 97.1 Å². The first kappa shape index (κ1) is 34.8. The topological polar surface area (TPSA) is 65.6 Å². The fraction of sp³-hybridized carbons (Fsp3) is 0. The summed E-state index contributed by atoms with van der Waals surface area (Å²) in [4.78, 5) is 8.76. The number of fused-ring (bicyclic) bond motifs is 2. The maximum absolute atomic E-state index is 17.6. The first-order valence-corrected chi connectivity index (χ1v) is 24.7. The molecular weight excluding hydrogens is 831 g/mol. The van der Waals surface area contributed by atoms with E-state index in [-0.39, 0.29) is 0 Å². The Morgan fingerprint density at radius 1 is 0.281 bits per heavy atom. The van der Waals surface area contributed by atoms with E-state index in [4.69, 9.17) is 9.47 Å². The smallest absolute Gasteiger partial charge is 0.186 e. The molecule has 302 valence electrons. The summed E-state index contributed by atoms with van der Waals surface area (Å²) >= 11 is 0. The number of anilines is 12. The third kappa shape index (κ3) is 3.99. The minimum Gasteiger partial charge on any atom is -0.453 e. The molecule has 9 aromatic carbocycles. The van der Waals surface area contributed by atoms with Crippen molar-refractivity contribution in [1.82, 2.24) is 0 Å². The van der Waals surface area contributed by atoms with Crippen molar-refractivity contribution in [2.45, 2.75) is 0 Å². The molecule has 6 aliphatic heterocycles. The van der Waals surface area contributed by atoms with E-state index >= 15 is 9.13 Å². The lowest BCUT2D eigenvalue weighted by Crippen LogP contribution is -2.50. The molecule has 0 spiro atoms. The van der Waals surface area contributed by atoms with Crippen LogP contribution in [0.2, 0.25) is 0 Å². The molecule has 0 saturated carbocycles. The molecule has 2 atom stereocenters. The van der Waals surface area contributed by atoms with Gasteiger partial charge in [-0.3, -0.25) is 0 Å². The Morgan fingerprint density at radius 3 is 0.906 bits per heavy atom. The molecule has 2 unspecified atom stereocenters. The minimum atomic E-state index is -3.85. The molecule has 64 heavy (non-hydrogen) atoms.